The Kier molecular flexibility index (Phi) is 31.1. The number of rotatable bonds is 32. The van der Waals surface area contributed by atoms with Gasteiger partial charge in [0.15, 0.2) is 0 Å². The topological polar surface area (TPSA) is 63.6 Å². The molecule has 0 saturated carbocycles. The van der Waals surface area contributed by atoms with Crippen LogP contribution in [0, 0.1) is 5.92 Å². The normalized spacial score (nSPS) is 12.2. The average Bonchev–Trinajstić information content (AvgIpc) is 2.94. The zero-order chi connectivity index (χ0) is 29.4. The fourth-order valence-corrected chi connectivity index (χ4v) is 5.37. The number of aliphatic carboxylic acids is 1. The molecular weight excluding hydrogens is 496 g/mol. The van der Waals surface area contributed by atoms with E-state index in [1.165, 1.54) is 148 Å². The van der Waals surface area contributed by atoms with Gasteiger partial charge in [0.25, 0.3) is 0 Å². The molecule has 0 aromatic heterocycles. The molecule has 0 amide bonds. The molecule has 0 aromatic rings. The number of ether oxygens (including phenoxy) is 1. The summed E-state index contributed by atoms with van der Waals surface area (Å²) in [6, 6.07) is 0. The van der Waals surface area contributed by atoms with Gasteiger partial charge in [-0.25, -0.2) is 0 Å². The first-order valence-corrected chi connectivity index (χ1v) is 17.6. The summed E-state index contributed by atoms with van der Waals surface area (Å²) in [7, 11) is 0. The van der Waals surface area contributed by atoms with Crippen LogP contribution in [0.25, 0.3) is 0 Å². The molecule has 0 aliphatic rings. The molecule has 1 atom stereocenters. The maximum Gasteiger partial charge on any atom is 0.307 e. The van der Waals surface area contributed by atoms with Crippen molar-refractivity contribution >= 4 is 11.9 Å². The van der Waals surface area contributed by atoms with Crippen molar-refractivity contribution in [1.82, 2.24) is 0 Å². The van der Waals surface area contributed by atoms with Crippen molar-refractivity contribution in [3.8, 4) is 0 Å². The van der Waals surface area contributed by atoms with Gasteiger partial charge in [-0.1, -0.05) is 161 Å². The Morgan fingerprint density at radius 3 is 1.30 bits per heavy atom. The van der Waals surface area contributed by atoms with Crippen molar-refractivity contribution in [3.05, 3.63) is 12.2 Å². The van der Waals surface area contributed by atoms with Gasteiger partial charge in [0.1, 0.15) is 0 Å². The fourth-order valence-electron chi connectivity index (χ4n) is 5.37. The number of carbonyl (C=O) groups excluding carboxylic acids is 1. The largest absolute Gasteiger partial charge is 0.481 e. The van der Waals surface area contributed by atoms with Gasteiger partial charge in [-0.15, -0.1) is 0 Å². The van der Waals surface area contributed by atoms with Gasteiger partial charge in [-0.2, -0.15) is 0 Å². The third-order valence-corrected chi connectivity index (χ3v) is 8.04. The van der Waals surface area contributed by atoms with Crippen LogP contribution in [0.4, 0.5) is 0 Å². The van der Waals surface area contributed by atoms with E-state index < -0.39 is 11.9 Å². The summed E-state index contributed by atoms with van der Waals surface area (Å²) in [4.78, 5) is 23.1. The second-order valence-electron chi connectivity index (χ2n) is 12.1. The maximum atomic E-state index is 11.7. The highest BCUT2D eigenvalue weighted by Crippen LogP contribution is 2.18. The molecule has 0 heterocycles. The lowest BCUT2D eigenvalue weighted by atomic mass is 9.97. The third-order valence-electron chi connectivity index (χ3n) is 8.04. The Balaban J connectivity index is 3.30. The summed E-state index contributed by atoms with van der Waals surface area (Å²) in [6.07, 6.45) is 39.5. The van der Waals surface area contributed by atoms with Crippen LogP contribution >= 0.6 is 0 Å². The highest BCUT2D eigenvalue weighted by molar-refractivity contribution is 5.78. The van der Waals surface area contributed by atoms with E-state index in [1.807, 2.05) is 6.92 Å². The van der Waals surface area contributed by atoms with Crippen molar-refractivity contribution < 1.29 is 19.4 Å². The van der Waals surface area contributed by atoms with E-state index in [0.717, 1.165) is 19.3 Å². The van der Waals surface area contributed by atoms with Crippen LogP contribution in [0.1, 0.15) is 194 Å². The number of carboxylic acids is 1. The van der Waals surface area contributed by atoms with E-state index in [0.29, 0.717) is 13.0 Å². The zero-order valence-corrected chi connectivity index (χ0v) is 26.9. The lowest BCUT2D eigenvalue weighted by Crippen LogP contribution is -2.19. The third kappa shape index (κ3) is 29.7. The van der Waals surface area contributed by atoms with Crippen molar-refractivity contribution in [3.63, 3.8) is 0 Å². The van der Waals surface area contributed by atoms with E-state index >= 15 is 0 Å². The summed E-state index contributed by atoms with van der Waals surface area (Å²) in [5.74, 6) is -1.85. The van der Waals surface area contributed by atoms with Crippen LogP contribution in [0.15, 0.2) is 12.2 Å². The summed E-state index contributed by atoms with van der Waals surface area (Å²) >= 11 is 0. The summed E-state index contributed by atoms with van der Waals surface area (Å²) in [5.41, 5.74) is 0. The number of carbonyl (C=O) groups is 2. The molecular formula is C36H68O4. The second-order valence-corrected chi connectivity index (χ2v) is 12.1. The number of hydrogen-bond acceptors (Lipinski definition) is 3. The lowest BCUT2D eigenvalue weighted by molar-refractivity contribution is -0.151. The van der Waals surface area contributed by atoms with Gasteiger partial charge in [-0.05, 0) is 38.5 Å². The fraction of sp³-hybridized carbons (Fsp3) is 0.889. The number of allylic oxidation sites excluding steroid dienone is 2. The molecule has 0 fully saturated rings. The molecule has 0 spiro atoms. The molecule has 0 radical (unpaired) electrons. The quantitative estimate of drug-likeness (QED) is 0.0501. The number of esters is 1. The summed E-state index contributed by atoms with van der Waals surface area (Å²) in [6.45, 7) is 4.60. The average molecular weight is 565 g/mol. The summed E-state index contributed by atoms with van der Waals surface area (Å²) in [5, 5.41) is 9.33. The van der Waals surface area contributed by atoms with Gasteiger partial charge >= 0.3 is 11.9 Å². The van der Waals surface area contributed by atoms with E-state index in [-0.39, 0.29) is 12.4 Å². The van der Waals surface area contributed by atoms with Crippen LogP contribution in [0.2, 0.25) is 0 Å². The second kappa shape index (κ2) is 32.2. The van der Waals surface area contributed by atoms with Crippen LogP contribution in [0.5, 0.6) is 0 Å². The number of carboxylic acid groups (broad SMARTS) is 1. The predicted octanol–water partition coefficient (Wildman–Crippen LogP) is 11.7. The molecule has 1 N–H and O–H groups in total. The minimum atomic E-state index is -0.874. The van der Waals surface area contributed by atoms with Crippen LogP contribution in [-0.2, 0) is 14.3 Å². The van der Waals surface area contributed by atoms with Gasteiger partial charge < -0.3 is 9.84 Å². The number of hydrogen-bond donors (Lipinski definition) is 1. The van der Waals surface area contributed by atoms with Crippen LogP contribution < -0.4 is 0 Å². The highest BCUT2D eigenvalue weighted by atomic mass is 16.5. The van der Waals surface area contributed by atoms with Crippen molar-refractivity contribution in [2.24, 2.45) is 5.92 Å². The van der Waals surface area contributed by atoms with Gasteiger partial charge in [-0.3, -0.25) is 9.59 Å². The molecule has 0 aliphatic carbocycles. The molecule has 0 aromatic carbocycles. The first kappa shape index (κ1) is 38.7. The molecule has 4 heteroatoms. The smallest absolute Gasteiger partial charge is 0.307 e. The van der Waals surface area contributed by atoms with Gasteiger partial charge in [0.05, 0.1) is 18.9 Å². The molecule has 0 rings (SSSR count). The standard InChI is InChI=1S/C36H68O4/c1-3-5-6-7-8-9-10-11-12-13-14-15-16-17-18-19-20-21-22-23-24-25-26-27-28-29-30-31-34(36(38)39)33-35(37)40-32-4-2/h12-13,34H,3-11,14-33H2,1-2H3,(H,38,39)/b13-12+. The van der Waals surface area contributed by atoms with E-state index in [1.54, 1.807) is 0 Å². The summed E-state index contributed by atoms with van der Waals surface area (Å²) < 4.78 is 5.03. The molecule has 236 valence electrons. The predicted molar refractivity (Wildman–Crippen MR) is 172 cm³/mol. The van der Waals surface area contributed by atoms with E-state index in [9.17, 15) is 14.7 Å². The molecule has 0 aliphatic heterocycles. The minimum Gasteiger partial charge on any atom is -0.481 e. The van der Waals surface area contributed by atoms with Crippen molar-refractivity contribution in [2.45, 2.75) is 194 Å². The SMILES string of the molecule is CCCCCCCCC/C=C/CCCCCCCCCCCCCCCCCCC(CC(=O)OCCC)C(=O)O. The van der Waals surface area contributed by atoms with E-state index in [4.69, 9.17) is 4.74 Å². The van der Waals surface area contributed by atoms with Crippen LogP contribution in [0.3, 0.4) is 0 Å². The first-order valence-electron chi connectivity index (χ1n) is 17.6. The highest BCUT2D eigenvalue weighted by Gasteiger charge is 2.21. The van der Waals surface area contributed by atoms with E-state index in [2.05, 4.69) is 19.1 Å². The van der Waals surface area contributed by atoms with Crippen LogP contribution in [-0.4, -0.2) is 23.7 Å². The van der Waals surface area contributed by atoms with Crippen molar-refractivity contribution in [1.29, 1.82) is 0 Å². The molecule has 0 bridgehead atoms. The van der Waals surface area contributed by atoms with Gasteiger partial charge in [0.2, 0.25) is 0 Å². The Morgan fingerprint density at radius 1 is 0.550 bits per heavy atom. The number of unbranched alkanes of at least 4 members (excludes halogenated alkanes) is 23. The monoisotopic (exact) mass is 565 g/mol. The Morgan fingerprint density at radius 2 is 0.925 bits per heavy atom. The molecule has 40 heavy (non-hydrogen) atoms. The Labute approximate surface area is 249 Å². The Hall–Kier alpha value is -1.32. The molecule has 4 nitrogen and oxygen atoms in total. The molecule has 0 saturated heterocycles. The van der Waals surface area contributed by atoms with Gasteiger partial charge in [0, 0.05) is 0 Å². The first-order chi connectivity index (χ1) is 19.6. The maximum absolute atomic E-state index is 11.7. The lowest BCUT2D eigenvalue weighted by Gasteiger charge is -2.11. The zero-order valence-electron chi connectivity index (χ0n) is 26.9. The van der Waals surface area contributed by atoms with Crippen molar-refractivity contribution in [2.75, 3.05) is 6.61 Å². The molecule has 1 unspecified atom stereocenters. The Bertz CT molecular complexity index is 571. The minimum absolute atomic E-state index is 0.00657.